The second-order valence-electron chi connectivity index (χ2n) is 6.27. The first-order valence-corrected chi connectivity index (χ1v) is 9.04. The van der Waals surface area contributed by atoms with Gasteiger partial charge in [-0.15, -0.1) is 0 Å². The van der Waals surface area contributed by atoms with Gasteiger partial charge in [0.05, 0.1) is 0 Å². The van der Waals surface area contributed by atoms with Crippen LogP contribution in [-0.4, -0.2) is 22.5 Å². The van der Waals surface area contributed by atoms with Crippen molar-refractivity contribution in [2.75, 3.05) is 13.1 Å². The van der Waals surface area contributed by atoms with Gasteiger partial charge in [-0.3, -0.25) is 0 Å². The summed E-state index contributed by atoms with van der Waals surface area (Å²) in [5.74, 6) is 7.11. The number of nitrogens with zero attached hydrogens (tertiary/aromatic N) is 1. The molecule has 0 fully saturated rings. The van der Waals surface area contributed by atoms with Crippen LogP contribution in [0.4, 0.5) is 0 Å². The van der Waals surface area contributed by atoms with Crippen LogP contribution in [0.2, 0.25) is 0 Å². The molecule has 0 radical (unpaired) electrons. The van der Waals surface area contributed by atoms with E-state index in [2.05, 4.69) is 58.7 Å². The van der Waals surface area contributed by atoms with Crippen LogP contribution < -0.4 is 0 Å². The summed E-state index contributed by atoms with van der Waals surface area (Å²) in [6, 6.07) is 10.1. The van der Waals surface area contributed by atoms with E-state index in [0.29, 0.717) is 5.92 Å². The van der Waals surface area contributed by atoms with E-state index >= 15 is 0 Å². The van der Waals surface area contributed by atoms with Crippen LogP contribution in [0.25, 0.3) is 0 Å². The molecule has 24 heavy (non-hydrogen) atoms. The van der Waals surface area contributed by atoms with Gasteiger partial charge in [0, 0.05) is 0 Å². The molecule has 1 aliphatic rings. The minimum atomic E-state index is 0.649. The van der Waals surface area contributed by atoms with Gasteiger partial charge in [0.15, 0.2) is 0 Å². The Balaban J connectivity index is 2.02. The molecule has 0 spiro atoms. The predicted octanol–water partition coefficient (Wildman–Crippen LogP) is 4.51. The van der Waals surface area contributed by atoms with Gasteiger partial charge in [0.25, 0.3) is 0 Å². The van der Waals surface area contributed by atoms with E-state index in [0.717, 1.165) is 36.0 Å². The Bertz CT molecular complexity index is 688. The molecule has 2 rings (SSSR count). The summed E-state index contributed by atoms with van der Waals surface area (Å²) in [4.78, 5) is 2.26. The molecular formula is C22H25CrN. The fourth-order valence-corrected chi connectivity index (χ4v) is 3.12. The number of rotatable bonds is 6. The van der Waals surface area contributed by atoms with Gasteiger partial charge >= 0.3 is 155 Å². The van der Waals surface area contributed by atoms with Crippen molar-refractivity contribution in [2.45, 2.75) is 26.2 Å². The fourth-order valence-electron chi connectivity index (χ4n) is 2.83. The first-order valence-electron chi connectivity index (χ1n) is 8.40. The molecule has 0 amide bonds. The van der Waals surface area contributed by atoms with Crippen LogP contribution in [0.1, 0.15) is 31.7 Å². The van der Waals surface area contributed by atoms with Crippen LogP contribution in [0.3, 0.4) is 0 Å². The van der Waals surface area contributed by atoms with Gasteiger partial charge < -0.3 is 0 Å². The molecule has 0 bridgehead atoms. The van der Waals surface area contributed by atoms with Gasteiger partial charge in [-0.25, -0.2) is 0 Å². The van der Waals surface area contributed by atoms with Crippen LogP contribution in [0, 0.1) is 17.8 Å². The van der Waals surface area contributed by atoms with Crippen molar-refractivity contribution in [1.29, 1.82) is 0 Å². The van der Waals surface area contributed by atoms with Crippen molar-refractivity contribution in [3.05, 3.63) is 72.4 Å². The molecule has 1 nitrogen and oxygen atoms in total. The zero-order valence-electron chi connectivity index (χ0n) is 14.4. The normalized spacial score (nSPS) is 16.8. The number of allylic oxidation sites excluding steroid dienone is 2. The Morgan fingerprint density at radius 3 is 2.71 bits per heavy atom. The number of hydrogen-bond donors (Lipinski definition) is 0. The molecule has 1 atom stereocenters. The third-order valence-electron chi connectivity index (χ3n) is 4.32. The molecule has 1 aliphatic carbocycles. The van der Waals surface area contributed by atoms with Gasteiger partial charge in [0.1, 0.15) is 0 Å². The van der Waals surface area contributed by atoms with E-state index in [-0.39, 0.29) is 0 Å². The van der Waals surface area contributed by atoms with E-state index in [4.69, 9.17) is 0 Å². The Kier molecular flexibility index (Phi) is 7.49. The van der Waals surface area contributed by atoms with Crippen LogP contribution in [0.15, 0.2) is 66.8 Å². The Morgan fingerprint density at radius 2 is 2.12 bits per heavy atom. The first kappa shape index (κ1) is 18.7. The SMILES string of the molecule is C=CCN(CC1=CC[C@@H](C(=C)C)CC1)[C](=[Cr])C#Cc1ccccc1. The molecule has 0 aliphatic heterocycles. The topological polar surface area (TPSA) is 3.24 Å². The molecule has 1 aromatic carbocycles. The molecule has 0 heterocycles. The van der Waals surface area contributed by atoms with Crippen molar-refractivity contribution in [3.8, 4) is 11.8 Å². The Labute approximate surface area is 154 Å². The monoisotopic (exact) mass is 355 g/mol. The van der Waals surface area contributed by atoms with E-state index in [1.165, 1.54) is 17.6 Å². The average molecular weight is 355 g/mol. The van der Waals surface area contributed by atoms with Crippen molar-refractivity contribution in [3.63, 3.8) is 0 Å². The molecule has 0 aromatic heterocycles. The molecular weight excluding hydrogens is 330 g/mol. The molecule has 0 N–H and O–H groups in total. The zero-order valence-corrected chi connectivity index (χ0v) is 15.7. The van der Waals surface area contributed by atoms with Crippen molar-refractivity contribution in [1.82, 2.24) is 4.90 Å². The molecule has 0 saturated heterocycles. The summed E-state index contributed by atoms with van der Waals surface area (Å²) in [6.45, 7) is 11.8. The fraction of sp³-hybridized carbons (Fsp3) is 0.318. The van der Waals surface area contributed by atoms with E-state index in [1.807, 2.05) is 36.4 Å². The average Bonchev–Trinajstić information content (AvgIpc) is 2.60. The van der Waals surface area contributed by atoms with Crippen LogP contribution in [0.5, 0.6) is 0 Å². The summed E-state index contributed by atoms with van der Waals surface area (Å²) in [5.41, 5.74) is 3.83. The van der Waals surface area contributed by atoms with Gasteiger partial charge in [-0.05, 0) is 0 Å². The second-order valence-corrected chi connectivity index (χ2v) is 6.87. The van der Waals surface area contributed by atoms with Gasteiger partial charge in [-0.2, -0.15) is 0 Å². The molecule has 2 heteroatoms. The maximum atomic E-state index is 4.10. The van der Waals surface area contributed by atoms with E-state index in [9.17, 15) is 0 Å². The third kappa shape index (κ3) is 5.77. The zero-order chi connectivity index (χ0) is 17.4. The summed E-state index contributed by atoms with van der Waals surface area (Å²) < 4.78 is 0.974. The Hall–Kier alpha value is -1.64. The summed E-state index contributed by atoms with van der Waals surface area (Å²) in [5, 5.41) is 0. The van der Waals surface area contributed by atoms with Crippen LogP contribution in [-0.2, 0) is 15.9 Å². The molecule has 1 aromatic rings. The number of hydrogen-bond acceptors (Lipinski definition) is 1. The summed E-state index contributed by atoms with van der Waals surface area (Å²) >= 11 is 3.13. The minimum absolute atomic E-state index is 0.649. The Morgan fingerprint density at radius 1 is 1.38 bits per heavy atom. The van der Waals surface area contributed by atoms with Gasteiger partial charge in [-0.1, -0.05) is 0 Å². The van der Waals surface area contributed by atoms with Crippen molar-refractivity contribution < 1.29 is 15.9 Å². The van der Waals surface area contributed by atoms with E-state index in [1.54, 1.807) is 0 Å². The third-order valence-corrected chi connectivity index (χ3v) is 4.88. The number of benzene rings is 1. The quantitative estimate of drug-likeness (QED) is 0.536. The van der Waals surface area contributed by atoms with Gasteiger partial charge in [0.2, 0.25) is 0 Å². The molecule has 0 saturated carbocycles. The van der Waals surface area contributed by atoms with E-state index < -0.39 is 0 Å². The van der Waals surface area contributed by atoms with Crippen molar-refractivity contribution >= 4 is 4.50 Å². The van der Waals surface area contributed by atoms with Crippen LogP contribution >= 0.6 is 0 Å². The standard InChI is InChI=1S/C22H25N.Cr/c1-4-16-23(17-8-11-20-9-6-5-7-10-20)18-21-12-14-22(15-13-21)19(2)3;/h4-7,9-10,12,22H,1-2,13-16,18H2,3H3;/t22-;/m1./s1. The van der Waals surface area contributed by atoms with Crippen molar-refractivity contribution in [2.24, 2.45) is 5.92 Å². The summed E-state index contributed by atoms with van der Waals surface area (Å²) in [6.07, 6.45) is 7.79. The first-order chi connectivity index (χ1) is 11.6. The predicted molar refractivity (Wildman–Crippen MR) is 100 cm³/mol. The second kappa shape index (κ2) is 9.61. The maximum absolute atomic E-state index is 4.10. The summed E-state index contributed by atoms with van der Waals surface area (Å²) in [7, 11) is 0. The molecule has 124 valence electrons. The molecule has 0 unspecified atom stereocenters.